The molecule has 0 aromatic heterocycles. The second-order valence-corrected chi connectivity index (χ2v) is 4.55. The Hall–Kier alpha value is -1.18. The maximum absolute atomic E-state index is 6.13. The van der Waals surface area contributed by atoms with Crippen molar-refractivity contribution in [1.29, 1.82) is 0 Å². The predicted octanol–water partition coefficient (Wildman–Crippen LogP) is 6.33. The number of aryl methyl sites for hydroxylation is 1. The smallest absolute Gasteiger partial charge is 0.0762 e. The predicted molar refractivity (Wildman–Crippen MR) is 86.9 cm³/mol. The van der Waals surface area contributed by atoms with E-state index in [0.29, 0.717) is 10.0 Å². The first kappa shape index (κ1) is 15.9. The Labute approximate surface area is 125 Å². The molecule has 3 heteroatoms. The molecule has 0 saturated heterocycles. The highest BCUT2D eigenvalue weighted by Crippen LogP contribution is 2.33. The first-order valence-electron chi connectivity index (χ1n) is 6.51. The minimum atomic E-state index is 0.628. The van der Waals surface area contributed by atoms with Crippen LogP contribution in [0.5, 0.6) is 0 Å². The van der Waals surface area contributed by atoms with Crippen LogP contribution in [0.2, 0.25) is 10.0 Å². The number of nitrogens with one attached hydrogen (secondary N) is 1. The Morgan fingerprint density at radius 2 is 1.47 bits per heavy atom. The van der Waals surface area contributed by atoms with Gasteiger partial charge in [0.2, 0.25) is 0 Å². The highest BCUT2D eigenvalue weighted by molar-refractivity contribution is 6.39. The second-order valence-electron chi connectivity index (χ2n) is 3.73. The maximum Gasteiger partial charge on any atom is 0.0762 e. The number of para-hydroxylation sites is 2. The molecular formula is C16H19Cl2N. The summed E-state index contributed by atoms with van der Waals surface area (Å²) in [5.41, 5.74) is 3.05. The van der Waals surface area contributed by atoms with Crippen LogP contribution >= 0.6 is 23.2 Å². The van der Waals surface area contributed by atoms with E-state index in [9.17, 15) is 0 Å². The average molecular weight is 296 g/mol. The molecular weight excluding hydrogens is 277 g/mol. The summed E-state index contributed by atoms with van der Waals surface area (Å²) in [6.45, 7) is 6.12. The molecule has 0 spiro atoms. The zero-order valence-electron chi connectivity index (χ0n) is 11.5. The van der Waals surface area contributed by atoms with Gasteiger partial charge < -0.3 is 5.32 Å². The Balaban J connectivity index is 0.000000861. The van der Waals surface area contributed by atoms with E-state index in [1.54, 1.807) is 0 Å². The minimum absolute atomic E-state index is 0.628. The van der Waals surface area contributed by atoms with Gasteiger partial charge in [0.1, 0.15) is 0 Å². The van der Waals surface area contributed by atoms with Crippen LogP contribution in [0.25, 0.3) is 0 Å². The van der Waals surface area contributed by atoms with Gasteiger partial charge in [-0.05, 0) is 30.2 Å². The molecule has 0 radical (unpaired) electrons. The molecule has 2 aromatic rings. The van der Waals surface area contributed by atoms with Crippen LogP contribution < -0.4 is 5.32 Å². The van der Waals surface area contributed by atoms with Gasteiger partial charge in [0.15, 0.2) is 0 Å². The molecule has 2 aromatic carbocycles. The molecule has 0 fully saturated rings. The maximum atomic E-state index is 6.13. The van der Waals surface area contributed by atoms with E-state index in [1.807, 2.05) is 50.2 Å². The topological polar surface area (TPSA) is 12.0 Å². The summed E-state index contributed by atoms with van der Waals surface area (Å²) in [4.78, 5) is 0. The fourth-order valence-electron chi connectivity index (χ4n) is 1.70. The lowest BCUT2D eigenvalue weighted by molar-refractivity contribution is 1.14. The Kier molecular flexibility index (Phi) is 6.75. The van der Waals surface area contributed by atoms with Crippen molar-refractivity contribution < 1.29 is 0 Å². The van der Waals surface area contributed by atoms with Crippen molar-refractivity contribution in [2.24, 2.45) is 0 Å². The number of benzene rings is 2. The molecule has 19 heavy (non-hydrogen) atoms. The van der Waals surface area contributed by atoms with E-state index in [4.69, 9.17) is 23.2 Å². The van der Waals surface area contributed by atoms with Crippen molar-refractivity contribution in [2.45, 2.75) is 27.2 Å². The third-order valence-electron chi connectivity index (χ3n) is 2.62. The van der Waals surface area contributed by atoms with E-state index in [2.05, 4.69) is 18.3 Å². The average Bonchev–Trinajstić information content (AvgIpc) is 2.45. The summed E-state index contributed by atoms with van der Waals surface area (Å²) >= 11 is 12.3. The van der Waals surface area contributed by atoms with Gasteiger partial charge in [-0.25, -0.2) is 0 Å². The van der Waals surface area contributed by atoms with Gasteiger partial charge in [-0.15, -0.1) is 0 Å². The van der Waals surface area contributed by atoms with E-state index < -0.39 is 0 Å². The van der Waals surface area contributed by atoms with Crippen molar-refractivity contribution in [3.63, 3.8) is 0 Å². The number of anilines is 2. The summed E-state index contributed by atoms with van der Waals surface area (Å²) < 4.78 is 0. The van der Waals surface area contributed by atoms with Crippen molar-refractivity contribution in [2.75, 3.05) is 5.32 Å². The monoisotopic (exact) mass is 295 g/mol. The van der Waals surface area contributed by atoms with Crippen LogP contribution in [0.1, 0.15) is 26.3 Å². The molecule has 0 atom stereocenters. The Morgan fingerprint density at radius 1 is 0.895 bits per heavy atom. The fourth-order valence-corrected chi connectivity index (χ4v) is 2.19. The number of hydrogen-bond donors (Lipinski definition) is 1. The third-order valence-corrected chi connectivity index (χ3v) is 3.25. The standard InChI is InChI=1S/C14H13Cl2N.C2H6/c1-2-10-6-3-4-9-13(10)17-14-11(15)7-5-8-12(14)16;1-2/h3-9,17H,2H2,1H3;1-2H3. The van der Waals surface area contributed by atoms with E-state index >= 15 is 0 Å². The molecule has 0 aliphatic rings. The van der Waals surface area contributed by atoms with Crippen molar-refractivity contribution in [1.82, 2.24) is 0 Å². The Morgan fingerprint density at radius 3 is 2.05 bits per heavy atom. The zero-order chi connectivity index (χ0) is 14.3. The lowest BCUT2D eigenvalue weighted by Crippen LogP contribution is -1.96. The number of halogens is 2. The minimum Gasteiger partial charge on any atom is -0.353 e. The molecule has 0 bridgehead atoms. The van der Waals surface area contributed by atoms with Crippen LogP contribution in [0.4, 0.5) is 11.4 Å². The molecule has 0 saturated carbocycles. The molecule has 1 nitrogen and oxygen atoms in total. The van der Waals surface area contributed by atoms with Crippen LogP contribution in [0.3, 0.4) is 0 Å². The van der Waals surface area contributed by atoms with Crippen molar-refractivity contribution in [3.8, 4) is 0 Å². The molecule has 102 valence electrons. The third kappa shape index (κ3) is 4.15. The van der Waals surface area contributed by atoms with Crippen molar-refractivity contribution in [3.05, 3.63) is 58.1 Å². The zero-order valence-corrected chi connectivity index (χ0v) is 13.0. The van der Waals surface area contributed by atoms with Crippen molar-refractivity contribution >= 4 is 34.6 Å². The number of rotatable bonds is 3. The lowest BCUT2D eigenvalue weighted by atomic mass is 10.1. The second kappa shape index (κ2) is 8.08. The van der Waals surface area contributed by atoms with Crippen LogP contribution in [-0.4, -0.2) is 0 Å². The first-order chi connectivity index (χ1) is 9.22. The van der Waals surface area contributed by atoms with Crippen LogP contribution in [0, 0.1) is 0 Å². The molecule has 0 aliphatic heterocycles. The molecule has 0 aliphatic carbocycles. The van der Waals surface area contributed by atoms with E-state index in [0.717, 1.165) is 17.8 Å². The largest absolute Gasteiger partial charge is 0.353 e. The van der Waals surface area contributed by atoms with Gasteiger partial charge in [0.05, 0.1) is 15.7 Å². The number of hydrogen-bond acceptors (Lipinski definition) is 1. The normalized spacial score (nSPS) is 9.53. The van der Waals surface area contributed by atoms with Gasteiger partial charge in [-0.3, -0.25) is 0 Å². The summed E-state index contributed by atoms with van der Waals surface area (Å²) in [6, 6.07) is 13.6. The Bertz CT molecular complexity index is 504. The van der Waals surface area contributed by atoms with Gasteiger partial charge in [0, 0.05) is 5.69 Å². The lowest BCUT2D eigenvalue weighted by Gasteiger charge is -2.13. The van der Waals surface area contributed by atoms with Gasteiger partial charge in [-0.1, -0.05) is 68.2 Å². The molecule has 2 rings (SSSR count). The van der Waals surface area contributed by atoms with Crippen LogP contribution in [-0.2, 0) is 6.42 Å². The quantitative estimate of drug-likeness (QED) is 0.698. The summed E-state index contributed by atoms with van der Waals surface area (Å²) in [5, 5.41) is 4.55. The van der Waals surface area contributed by atoms with Gasteiger partial charge in [-0.2, -0.15) is 0 Å². The fraction of sp³-hybridized carbons (Fsp3) is 0.250. The molecule has 1 N–H and O–H groups in total. The van der Waals surface area contributed by atoms with Gasteiger partial charge >= 0.3 is 0 Å². The molecule has 0 unspecified atom stereocenters. The summed E-state index contributed by atoms with van der Waals surface area (Å²) in [6.07, 6.45) is 0.964. The highest BCUT2D eigenvalue weighted by atomic mass is 35.5. The van der Waals surface area contributed by atoms with E-state index in [-0.39, 0.29) is 0 Å². The first-order valence-corrected chi connectivity index (χ1v) is 7.27. The van der Waals surface area contributed by atoms with Gasteiger partial charge in [0.25, 0.3) is 0 Å². The van der Waals surface area contributed by atoms with Crippen LogP contribution in [0.15, 0.2) is 42.5 Å². The molecule has 0 amide bonds. The highest BCUT2D eigenvalue weighted by Gasteiger charge is 2.07. The summed E-state index contributed by atoms with van der Waals surface area (Å²) in [7, 11) is 0. The SMILES string of the molecule is CC.CCc1ccccc1Nc1c(Cl)cccc1Cl. The summed E-state index contributed by atoms with van der Waals surface area (Å²) in [5.74, 6) is 0. The van der Waals surface area contributed by atoms with E-state index in [1.165, 1.54) is 5.56 Å². The molecule has 0 heterocycles.